The highest BCUT2D eigenvalue weighted by Gasteiger charge is 2.34. The van der Waals surface area contributed by atoms with E-state index in [1.54, 1.807) is 43.5 Å². The molecule has 1 aromatic heterocycles. The fourth-order valence-electron chi connectivity index (χ4n) is 4.61. The van der Waals surface area contributed by atoms with Crippen molar-refractivity contribution in [2.24, 2.45) is 0 Å². The summed E-state index contributed by atoms with van der Waals surface area (Å²) in [6.45, 7) is 6.04. The molecule has 3 aromatic carbocycles. The molecule has 0 unspecified atom stereocenters. The first kappa shape index (κ1) is 25.0. The molecule has 2 heterocycles. The maximum absolute atomic E-state index is 13.6. The summed E-state index contributed by atoms with van der Waals surface area (Å²) < 4.78 is 28.0. The molecule has 8 heteroatoms. The third-order valence-corrected chi connectivity index (χ3v) is 6.44. The van der Waals surface area contributed by atoms with Gasteiger partial charge in [0.1, 0.15) is 41.1 Å². The van der Waals surface area contributed by atoms with Crippen LogP contribution in [0.5, 0.6) is 28.7 Å². The molecule has 0 bridgehead atoms. The Morgan fingerprint density at radius 1 is 1.05 bits per heavy atom. The number of hydrogen-bond acceptors (Lipinski definition) is 8. The van der Waals surface area contributed by atoms with Crippen molar-refractivity contribution in [2.45, 2.75) is 19.3 Å². The lowest BCUT2D eigenvalue weighted by Crippen LogP contribution is -2.22. The molecule has 0 aliphatic carbocycles. The van der Waals surface area contributed by atoms with E-state index in [2.05, 4.69) is 6.58 Å². The Morgan fingerprint density at radius 3 is 2.50 bits per heavy atom. The fourth-order valence-corrected chi connectivity index (χ4v) is 4.61. The molecule has 1 aliphatic heterocycles. The number of hydrogen-bond donors (Lipinski definition) is 1. The van der Waals surface area contributed by atoms with Gasteiger partial charge in [0.05, 0.1) is 26.2 Å². The highest BCUT2D eigenvalue weighted by atomic mass is 16.5. The Balaban J connectivity index is 1.66. The van der Waals surface area contributed by atoms with Crippen LogP contribution in [0.4, 0.5) is 0 Å². The number of carbonyl (C=O) groups excluding carboxylic acids is 1. The van der Waals surface area contributed by atoms with Crippen LogP contribution < -0.4 is 24.4 Å². The molecule has 38 heavy (non-hydrogen) atoms. The van der Waals surface area contributed by atoms with E-state index in [1.807, 2.05) is 13.0 Å². The highest BCUT2D eigenvalue weighted by Crippen LogP contribution is 2.46. The zero-order valence-electron chi connectivity index (χ0n) is 21.2. The molecule has 0 spiro atoms. The van der Waals surface area contributed by atoms with Crippen molar-refractivity contribution < 1.29 is 33.3 Å². The van der Waals surface area contributed by atoms with Gasteiger partial charge in [0, 0.05) is 17.5 Å². The third-order valence-electron chi connectivity index (χ3n) is 6.44. The molecule has 0 amide bonds. The number of ether oxygens (including phenoxy) is 4. The normalized spacial score (nSPS) is 14.5. The molecule has 8 nitrogen and oxygen atoms in total. The maximum atomic E-state index is 13.6. The largest absolute Gasteiger partial charge is 0.507 e. The van der Waals surface area contributed by atoms with Crippen LogP contribution in [-0.2, 0) is 4.79 Å². The van der Waals surface area contributed by atoms with Crippen LogP contribution in [0.3, 0.4) is 0 Å². The molecule has 0 saturated heterocycles. The van der Waals surface area contributed by atoms with Gasteiger partial charge in [-0.2, -0.15) is 0 Å². The SMILES string of the molecule is C=C(C)COc1ccc([C@H]2CC(=O)Oc3cc(O)c4c(=O)c(-c5ccc(OC)cc5)coc4c32)cc1OC. The lowest BCUT2D eigenvalue weighted by atomic mass is 9.84. The monoisotopic (exact) mass is 514 g/mol. The lowest BCUT2D eigenvalue weighted by Gasteiger charge is -2.26. The zero-order valence-corrected chi connectivity index (χ0v) is 21.2. The average Bonchev–Trinajstić information content (AvgIpc) is 2.91. The molecule has 0 radical (unpaired) electrons. The minimum atomic E-state index is -0.520. The van der Waals surface area contributed by atoms with Gasteiger partial charge in [-0.05, 0) is 47.9 Å². The van der Waals surface area contributed by atoms with Gasteiger partial charge in [-0.15, -0.1) is 0 Å². The quantitative estimate of drug-likeness (QED) is 0.194. The van der Waals surface area contributed by atoms with Crippen LogP contribution in [0.1, 0.15) is 30.4 Å². The summed E-state index contributed by atoms with van der Waals surface area (Å²) in [6.07, 6.45) is 1.36. The van der Waals surface area contributed by atoms with Gasteiger partial charge in [0.15, 0.2) is 11.5 Å². The lowest BCUT2D eigenvalue weighted by molar-refractivity contribution is -0.135. The van der Waals surface area contributed by atoms with E-state index < -0.39 is 17.3 Å². The van der Waals surface area contributed by atoms with Crippen molar-refractivity contribution in [1.82, 2.24) is 0 Å². The predicted molar refractivity (Wildman–Crippen MR) is 142 cm³/mol. The van der Waals surface area contributed by atoms with Crippen molar-refractivity contribution in [3.8, 4) is 39.9 Å². The first-order chi connectivity index (χ1) is 18.3. The van der Waals surface area contributed by atoms with Crippen molar-refractivity contribution in [3.63, 3.8) is 0 Å². The number of fused-ring (bicyclic) bond motifs is 3. The first-order valence-corrected chi connectivity index (χ1v) is 11.9. The van der Waals surface area contributed by atoms with Gasteiger partial charge < -0.3 is 28.5 Å². The molecular formula is C30H26O8. The Hall–Kier alpha value is -4.72. The molecular weight excluding hydrogens is 488 g/mol. The highest BCUT2D eigenvalue weighted by molar-refractivity contribution is 5.94. The first-order valence-electron chi connectivity index (χ1n) is 11.9. The van der Waals surface area contributed by atoms with E-state index in [1.165, 1.54) is 19.4 Å². The van der Waals surface area contributed by atoms with Crippen LogP contribution in [0, 0.1) is 0 Å². The summed E-state index contributed by atoms with van der Waals surface area (Å²) in [5, 5.41) is 10.8. The van der Waals surface area contributed by atoms with Crippen LogP contribution in [-0.4, -0.2) is 31.9 Å². The molecule has 0 saturated carbocycles. The molecule has 5 rings (SSSR count). The van der Waals surface area contributed by atoms with E-state index in [4.69, 9.17) is 23.4 Å². The number of esters is 1. The Kier molecular flexibility index (Phi) is 6.55. The van der Waals surface area contributed by atoms with E-state index in [0.717, 1.165) is 11.1 Å². The number of rotatable bonds is 7. The van der Waals surface area contributed by atoms with E-state index in [9.17, 15) is 14.7 Å². The molecule has 1 aliphatic rings. The second-order valence-corrected chi connectivity index (χ2v) is 9.11. The number of aromatic hydroxyl groups is 1. The Morgan fingerprint density at radius 2 is 1.82 bits per heavy atom. The van der Waals surface area contributed by atoms with Gasteiger partial charge in [-0.25, -0.2) is 0 Å². The minimum absolute atomic E-state index is 0.00589. The molecule has 1 N–H and O–H groups in total. The number of benzene rings is 3. The van der Waals surface area contributed by atoms with Crippen LogP contribution >= 0.6 is 0 Å². The minimum Gasteiger partial charge on any atom is -0.507 e. The predicted octanol–water partition coefficient (Wildman–Crippen LogP) is 5.58. The van der Waals surface area contributed by atoms with Crippen molar-refractivity contribution in [2.75, 3.05) is 20.8 Å². The number of methoxy groups -OCH3 is 2. The Labute approximate surface area is 218 Å². The van der Waals surface area contributed by atoms with Gasteiger partial charge >= 0.3 is 5.97 Å². The van der Waals surface area contributed by atoms with Crippen molar-refractivity contribution >= 4 is 16.9 Å². The smallest absolute Gasteiger partial charge is 0.312 e. The molecule has 194 valence electrons. The zero-order chi connectivity index (χ0) is 27.0. The number of phenolic OH excluding ortho intramolecular Hbond substituents is 1. The van der Waals surface area contributed by atoms with Gasteiger partial charge in [-0.1, -0.05) is 24.8 Å². The Bertz CT molecular complexity index is 1610. The second kappa shape index (κ2) is 9.97. The average molecular weight is 515 g/mol. The molecule has 4 aromatic rings. The van der Waals surface area contributed by atoms with E-state index in [-0.39, 0.29) is 34.5 Å². The topological polar surface area (TPSA) is 104 Å². The standard InChI is InChI=1S/C30H26O8/c1-16(2)14-36-23-10-7-18(11-24(23)35-4)20-12-26(32)38-25-13-22(31)28-29(33)21(15-37-30(28)27(20)25)17-5-8-19(34-3)9-6-17/h5-11,13,15,20,31H,1,12,14H2,2-4H3/t20-/m1/s1. The summed E-state index contributed by atoms with van der Waals surface area (Å²) in [5.74, 6) is 0.468. The third kappa shape index (κ3) is 4.45. The van der Waals surface area contributed by atoms with Gasteiger partial charge in [0.2, 0.25) is 5.43 Å². The van der Waals surface area contributed by atoms with Gasteiger partial charge in [0.25, 0.3) is 0 Å². The number of carbonyl (C=O) groups is 1. The van der Waals surface area contributed by atoms with E-state index >= 15 is 0 Å². The summed E-state index contributed by atoms with van der Waals surface area (Å²) in [5.41, 5.74) is 2.71. The molecule has 1 atom stereocenters. The second-order valence-electron chi connectivity index (χ2n) is 9.11. The van der Waals surface area contributed by atoms with Crippen LogP contribution in [0.2, 0.25) is 0 Å². The van der Waals surface area contributed by atoms with Crippen LogP contribution in [0.15, 0.2) is 76.2 Å². The summed E-state index contributed by atoms with van der Waals surface area (Å²) >= 11 is 0. The maximum Gasteiger partial charge on any atom is 0.312 e. The summed E-state index contributed by atoms with van der Waals surface area (Å²) in [4.78, 5) is 26.1. The summed E-state index contributed by atoms with van der Waals surface area (Å²) in [7, 11) is 3.09. The fraction of sp³-hybridized carbons (Fsp3) is 0.200. The molecule has 0 fully saturated rings. The summed E-state index contributed by atoms with van der Waals surface area (Å²) in [6, 6.07) is 13.6. The van der Waals surface area contributed by atoms with Crippen LogP contribution in [0.25, 0.3) is 22.1 Å². The van der Waals surface area contributed by atoms with Crippen molar-refractivity contribution in [3.05, 3.63) is 88.3 Å². The van der Waals surface area contributed by atoms with Crippen molar-refractivity contribution in [1.29, 1.82) is 0 Å². The van der Waals surface area contributed by atoms with E-state index in [0.29, 0.717) is 35.0 Å². The van der Waals surface area contributed by atoms with Gasteiger partial charge in [-0.3, -0.25) is 9.59 Å². The number of phenols is 1.